The molecular formula is C21H27NO2. The summed E-state index contributed by atoms with van der Waals surface area (Å²) < 4.78 is 5.79. The summed E-state index contributed by atoms with van der Waals surface area (Å²) in [6.07, 6.45) is -0.541. The van der Waals surface area contributed by atoms with Gasteiger partial charge in [-0.05, 0) is 75.9 Å². The molecule has 0 heterocycles. The van der Waals surface area contributed by atoms with Crippen molar-refractivity contribution in [1.82, 2.24) is 5.32 Å². The van der Waals surface area contributed by atoms with Crippen LogP contribution in [0.15, 0.2) is 36.4 Å². The molecule has 0 saturated heterocycles. The minimum absolute atomic E-state index is 0.0519. The molecule has 0 fully saturated rings. The molecule has 0 spiro atoms. The van der Waals surface area contributed by atoms with Crippen LogP contribution in [0.4, 0.5) is 0 Å². The Kier molecular flexibility index (Phi) is 5.66. The Morgan fingerprint density at radius 2 is 1.62 bits per heavy atom. The summed E-state index contributed by atoms with van der Waals surface area (Å²) in [5.74, 6) is 0.612. The van der Waals surface area contributed by atoms with E-state index in [0.717, 1.165) is 16.9 Å². The largest absolute Gasteiger partial charge is 0.481 e. The molecular weight excluding hydrogens is 298 g/mol. The Hall–Kier alpha value is -2.29. The summed E-state index contributed by atoms with van der Waals surface area (Å²) in [5.41, 5.74) is 5.91. The van der Waals surface area contributed by atoms with Gasteiger partial charge in [0, 0.05) is 0 Å². The minimum Gasteiger partial charge on any atom is -0.481 e. The summed E-state index contributed by atoms with van der Waals surface area (Å²) in [5, 5.41) is 3.04. The second kappa shape index (κ2) is 7.52. The van der Waals surface area contributed by atoms with Gasteiger partial charge in [0.25, 0.3) is 5.91 Å². The molecule has 0 radical (unpaired) electrons. The third-order valence-electron chi connectivity index (χ3n) is 4.41. The summed E-state index contributed by atoms with van der Waals surface area (Å²) in [6, 6.07) is 12.1. The normalized spacial score (nSPS) is 13.2. The fourth-order valence-corrected chi connectivity index (χ4v) is 2.76. The third-order valence-corrected chi connectivity index (χ3v) is 4.41. The van der Waals surface area contributed by atoms with E-state index in [1.807, 2.05) is 32.0 Å². The van der Waals surface area contributed by atoms with E-state index in [2.05, 4.69) is 44.3 Å². The van der Waals surface area contributed by atoms with Crippen LogP contribution in [0.25, 0.3) is 0 Å². The molecule has 0 aliphatic rings. The maximum absolute atomic E-state index is 12.4. The number of amides is 1. The number of carbonyl (C=O) groups is 1. The van der Waals surface area contributed by atoms with Crippen LogP contribution in [0, 0.1) is 27.7 Å². The summed E-state index contributed by atoms with van der Waals surface area (Å²) in [4.78, 5) is 12.4. The number of carbonyl (C=O) groups excluding carboxylic acids is 1. The van der Waals surface area contributed by atoms with Gasteiger partial charge in [-0.3, -0.25) is 4.79 Å². The van der Waals surface area contributed by atoms with Gasteiger partial charge in [-0.25, -0.2) is 0 Å². The Bertz CT molecular complexity index is 737. The SMILES string of the molecule is Cc1ccc([C@H](C)NC(=O)[C@H](C)Oc2ccc(C)c(C)c2)c(C)c1. The van der Waals surface area contributed by atoms with Crippen molar-refractivity contribution in [2.45, 2.75) is 53.7 Å². The number of hydrogen-bond acceptors (Lipinski definition) is 2. The summed E-state index contributed by atoms with van der Waals surface area (Å²) in [6.45, 7) is 12.0. The fraction of sp³-hybridized carbons (Fsp3) is 0.381. The first-order valence-corrected chi connectivity index (χ1v) is 8.39. The lowest BCUT2D eigenvalue weighted by molar-refractivity contribution is -0.127. The number of nitrogens with one attached hydrogen (secondary N) is 1. The van der Waals surface area contributed by atoms with E-state index in [0.29, 0.717) is 0 Å². The number of aryl methyl sites for hydroxylation is 4. The molecule has 0 aliphatic carbocycles. The van der Waals surface area contributed by atoms with Gasteiger partial charge in [-0.15, -0.1) is 0 Å². The predicted octanol–water partition coefficient (Wildman–Crippen LogP) is 4.56. The average molecular weight is 325 g/mol. The van der Waals surface area contributed by atoms with Crippen LogP contribution >= 0.6 is 0 Å². The highest BCUT2D eigenvalue weighted by Crippen LogP contribution is 2.20. The smallest absolute Gasteiger partial charge is 0.261 e. The van der Waals surface area contributed by atoms with E-state index in [-0.39, 0.29) is 11.9 Å². The molecule has 2 atom stereocenters. The molecule has 0 aliphatic heterocycles. The van der Waals surface area contributed by atoms with Crippen molar-refractivity contribution in [3.05, 3.63) is 64.2 Å². The first kappa shape index (κ1) is 18.1. The lowest BCUT2D eigenvalue weighted by atomic mass is 10.00. The van der Waals surface area contributed by atoms with Crippen molar-refractivity contribution in [3.63, 3.8) is 0 Å². The zero-order valence-corrected chi connectivity index (χ0v) is 15.4. The molecule has 0 aromatic heterocycles. The molecule has 128 valence electrons. The Balaban J connectivity index is 2.01. The van der Waals surface area contributed by atoms with Crippen LogP contribution in [-0.4, -0.2) is 12.0 Å². The first-order chi connectivity index (χ1) is 11.3. The third kappa shape index (κ3) is 4.38. The van der Waals surface area contributed by atoms with Gasteiger partial charge in [0.15, 0.2) is 6.10 Å². The van der Waals surface area contributed by atoms with Crippen molar-refractivity contribution >= 4 is 5.91 Å². The molecule has 0 saturated carbocycles. The fourth-order valence-electron chi connectivity index (χ4n) is 2.76. The standard InChI is InChI=1S/C21H27NO2/c1-13-7-10-20(16(4)11-13)17(5)22-21(23)18(6)24-19-9-8-14(2)15(3)12-19/h7-12,17-18H,1-6H3,(H,22,23)/t17-,18-/m0/s1. The number of rotatable bonds is 5. The van der Waals surface area contributed by atoms with Gasteiger partial charge < -0.3 is 10.1 Å². The lowest BCUT2D eigenvalue weighted by Gasteiger charge is -2.21. The number of benzene rings is 2. The Labute approximate surface area is 145 Å². The van der Waals surface area contributed by atoms with Gasteiger partial charge in [-0.2, -0.15) is 0 Å². The summed E-state index contributed by atoms with van der Waals surface area (Å²) >= 11 is 0. The van der Waals surface area contributed by atoms with Gasteiger partial charge in [0.2, 0.25) is 0 Å². The Morgan fingerprint density at radius 1 is 0.917 bits per heavy atom. The molecule has 1 amide bonds. The molecule has 0 bridgehead atoms. The van der Waals surface area contributed by atoms with Crippen LogP contribution in [-0.2, 0) is 4.79 Å². The van der Waals surface area contributed by atoms with Gasteiger partial charge in [0.1, 0.15) is 5.75 Å². The van der Waals surface area contributed by atoms with E-state index < -0.39 is 6.10 Å². The molecule has 3 nitrogen and oxygen atoms in total. The maximum Gasteiger partial charge on any atom is 0.261 e. The molecule has 1 N–H and O–H groups in total. The zero-order valence-electron chi connectivity index (χ0n) is 15.4. The van der Waals surface area contributed by atoms with Crippen molar-refractivity contribution in [3.8, 4) is 5.75 Å². The van der Waals surface area contributed by atoms with E-state index in [1.54, 1.807) is 6.92 Å². The van der Waals surface area contributed by atoms with E-state index in [1.165, 1.54) is 16.7 Å². The molecule has 24 heavy (non-hydrogen) atoms. The van der Waals surface area contributed by atoms with Crippen LogP contribution in [0.2, 0.25) is 0 Å². The molecule has 2 rings (SSSR count). The first-order valence-electron chi connectivity index (χ1n) is 8.39. The molecule has 2 aromatic rings. The monoisotopic (exact) mass is 325 g/mol. The lowest BCUT2D eigenvalue weighted by Crippen LogP contribution is -2.38. The van der Waals surface area contributed by atoms with Crippen molar-refractivity contribution < 1.29 is 9.53 Å². The quantitative estimate of drug-likeness (QED) is 0.875. The van der Waals surface area contributed by atoms with E-state index >= 15 is 0 Å². The topological polar surface area (TPSA) is 38.3 Å². The second-order valence-electron chi connectivity index (χ2n) is 6.60. The van der Waals surface area contributed by atoms with E-state index in [9.17, 15) is 4.79 Å². The molecule has 2 aromatic carbocycles. The van der Waals surface area contributed by atoms with Crippen molar-refractivity contribution in [2.75, 3.05) is 0 Å². The van der Waals surface area contributed by atoms with Crippen molar-refractivity contribution in [1.29, 1.82) is 0 Å². The highest BCUT2D eigenvalue weighted by atomic mass is 16.5. The summed E-state index contributed by atoms with van der Waals surface area (Å²) in [7, 11) is 0. The van der Waals surface area contributed by atoms with Crippen LogP contribution < -0.4 is 10.1 Å². The molecule has 3 heteroatoms. The second-order valence-corrected chi connectivity index (χ2v) is 6.60. The average Bonchev–Trinajstić information content (AvgIpc) is 2.50. The van der Waals surface area contributed by atoms with Crippen molar-refractivity contribution in [2.24, 2.45) is 0 Å². The number of hydrogen-bond donors (Lipinski definition) is 1. The van der Waals surface area contributed by atoms with Gasteiger partial charge in [0.05, 0.1) is 6.04 Å². The highest BCUT2D eigenvalue weighted by Gasteiger charge is 2.18. The van der Waals surface area contributed by atoms with Gasteiger partial charge in [-0.1, -0.05) is 29.8 Å². The maximum atomic E-state index is 12.4. The van der Waals surface area contributed by atoms with Crippen LogP contribution in [0.3, 0.4) is 0 Å². The zero-order chi connectivity index (χ0) is 17.9. The van der Waals surface area contributed by atoms with Crippen LogP contribution in [0.5, 0.6) is 5.75 Å². The van der Waals surface area contributed by atoms with Gasteiger partial charge >= 0.3 is 0 Å². The minimum atomic E-state index is -0.541. The number of ether oxygens (including phenoxy) is 1. The van der Waals surface area contributed by atoms with Crippen LogP contribution in [0.1, 0.15) is 47.7 Å². The highest BCUT2D eigenvalue weighted by molar-refractivity contribution is 5.81. The van der Waals surface area contributed by atoms with E-state index in [4.69, 9.17) is 4.74 Å². The molecule has 0 unspecified atom stereocenters. The Morgan fingerprint density at radius 3 is 2.25 bits per heavy atom. The predicted molar refractivity (Wildman–Crippen MR) is 98.5 cm³/mol.